The molecular weight excluding hydrogens is 348 g/mol. The minimum Gasteiger partial charge on any atom is -0.435 e. The van der Waals surface area contributed by atoms with E-state index < -0.39 is 11.5 Å². The van der Waals surface area contributed by atoms with E-state index in [0.717, 1.165) is 5.56 Å². The third-order valence-electron chi connectivity index (χ3n) is 3.48. The number of amides is 2. The minimum atomic E-state index is -2.89. The van der Waals surface area contributed by atoms with Crippen LogP contribution >= 0.6 is 0 Å². The van der Waals surface area contributed by atoms with Crippen LogP contribution in [0.5, 0.6) is 5.75 Å². The van der Waals surface area contributed by atoms with E-state index in [4.69, 9.17) is 0 Å². The first-order valence-corrected chi connectivity index (χ1v) is 7.61. The number of nitro benzene ring substituents is 1. The fourth-order valence-corrected chi connectivity index (χ4v) is 2.21. The molecule has 7 nitrogen and oxygen atoms in total. The molecule has 0 fully saturated rings. The number of nitro groups is 1. The van der Waals surface area contributed by atoms with Crippen LogP contribution in [-0.2, 0) is 13.1 Å². The van der Waals surface area contributed by atoms with Crippen molar-refractivity contribution in [3.8, 4) is 5.75 Å². The largest absolute Gasteiger partial charge is 0.435 e. The molecule has 0 bridgehead atoms. The van der Waals surface area contributed by atoms with Crippen molar-refractivity contribution in [3.63, 3.8) is 0 Å². The highest BCUT2D eigenvalue weighted by Gasteiger charge is 2.11. The van der Waals surface area contributed by atoms with E-state index in [1.165, 1.54) is 29.2 Å². The van der Waals surface area contributed by atoms with Crippen molar-refractivity contribution in [2.45, 2.75) is 19.7 Å². The summed E-state index contributed by atoms with van der Waals surface area (Å²) >= 11 is 0. The van der Waals surface area contributed by atoms with Crippen molar-refractivity contribution in [3.05, 3.63) is 69.8 Å². The maximum atomic E-state index is 12.1. The Morgan fingerprint density at radius 1 is 1.23 bits per heavy atom. The molecule has 0 spiro atoms. The number of carbonyl (C=O) groups excluding carboxylic acids is 1. The van der Waals surface area contributed by atoms with Crippen LogP contribution in [0.4, 0.5) is 19.3 Å². The van der Waals surface area contributed by atoms with E-state index in [1.807, 2.05) is 0 Å². The number of hydrogen-bond acceptors (Lipinski definition) is 4. The fraction of sp³-hybridized carbons (Fsp3) is 0.235. The maximum Gasteiger partial charge on any atom is 0.387 e. The van der Waals surface area contributed by atoms with Gasteiger partial charge in [0.1, 0.15) is 5.75 Å². The van der Waals surface area contributed by atoms with Crippen molar-refractivity contribution in [2.75, 3.05) is 7.05 Å². The topological polar surface area (TPSA) is 84.7 Å². The number of urea groups is 1. The number of hydrogen-bond donors (Lipinski definition) is 1. The lowest BCUT2D eigenvalue weighted by Gasteiger charge is -2.18. The molecule has 2 aromatic rings. The molecule has 0 saturated heterocycles. The second-order valence-electron chi connectivity index (χ2n) is 5.46. The van der Waals surface area contributed by atoms with Gasteiger partial charge in [0.05, 0.1) is 4.92 Å². The van der Waals surface area contributed by atoms with Gasteiger partial charge < -0.3 is 15.0 Å². The Labute approximate surface area is 148 Å². The van der Waals surface area contributed by atoms with Crippen molar-refractivity contribution >= 4 is 11.7 Å². The summed E-state index contributed by atoms with van der Waals surface area (Å²) in [4.78, 5) is 23.8. The van der Waals surface area contributed by atoms with Gasteiger partial charge in [0, 0.05) is 32.3 Å². The van der Waals surface area contributed by atoms with Crippen LogP contribution in [0.25, 0.3) is 0 Å². The van der Waals surface area contributed by atoms with Crippen LogP contribution in [0.3, 0.4) is 0 Å². The summed E-state index contributed by atoms with van der Waals surface area (Å²) in [6.45, 7) is -2.48. The van der Waals surface area contributed by atoms with Gasteiger partial charge in [-0.25, -0.2) is 4.79 Å². The average molecular weight is 365 g/mol. The number of benzene rings is 2. The molecule has 0 aliphatic rings. The Bertz CT molecular complexity index is 769. The Morgan fingerprint density at radius 2 is 1.92 bits per heavy atom. The van der Waals surface area contributed by atoms with Crippen LogP contribution < -0.4 is 10.1 Å². The third kappa shape index (κ3) is 5.69. The van der Waals surface area contributed by atoms with Gasteiger partial charge in [-0.15, -0.1) is 0 Å². The smallest absolute Gasteiger partial charge is 0.387 e. The molecule has 0 aliphatic carbocycles. The Hall–Kier alpha value is -3.23. The summed E-state index contributed by atoms with van der Waals surface area (Å²) in [6.07, 6.45) is 0. The van der Waals surface area contributed by atoms with Gasteiger partial charge >= 0.3 is 12.6 Å². The van der Waals surface area contributed by atoms with E-state index in [-0.39, 0.29) is 30.6 Å². The Morgan fingerprint density at radius 3 is 2.54 bits per heavy atom. The van der Waals surface area contributed by atoms with Crippen molar-refractivity contribution in [2.24, 2.45) is 0 Å². The lowest BCUT2D eigenvalue weighted by atomic mass is 10.2. The van der Waals surface area contributed by atoms with Gasteiger partial charge in [-0.2, -0.15) is 8.78 Å². The van der Waals surface area contributed by atoms with E-state index in [9.17, 15) is 23.7 Å². The molecule has 0 radical (unpaired) electrons. The summed E-state index contributed by atoms with van der Waals surface area (Å²) in [7, 11) is 1.58. The molecule has 2 aromatic carbocycles. The molecule has 0 saturated carbocycles. The first-order valence-electron chi connectivity index (χ1n) is 7.61. The second-order valence-corrected chi connectivity index (χ2v) is 5.46. The fourth-order valence-electron chi connectivity index (χ4n) is 2.21. The lowest BCUT2D eigenvalue weighted by Crippen LogP contribution is -2.36. The normalized spacial score (nSPS) is 10.5. The number of non-ortho nitro benzene ring substituents is 1. The quantitative estimate of drug-likeness (QED) is 0.601. The number of nitrogens with one attached hydrogen (secondary N) is 1. The first kappa shape index (κ1) is 19.1. The highest BCUT2D eigenvalue weighted by Crippen LogP contribution is 2.16. The van der Waals surface area contributed by atoms with Crippen LogP contribution in [0.2, 0.25) is 0 Å². The molecule has 0 aromatic heterocycles. The summed E-state index contributed by atoms with van der Waals surface area (Å²) in [6, 6.07) is 11.6. The minimum absolute atomic E-state index is 0.0431. The second kappa shape index (κ2) is 8.75. The van der Waals surface area contributed by atoms with Gasteiger partial charge in [0.25, 0.3) is 5.69 Å². The Balaban J connectivity index is 1.87. The standard InChI is InChI=1S/C17H17F2N3O4/c1-21(11-12-5-7-15(8-6-12)26-16(18)19)17(23)20-10-13-3-2-4-14(9-13)22(24)25/h2-9,16H,10-11H2,1H3,(H,20,23). The summed E-state index contributed by atoms with van der Waals surface area (Å²) in [5.41, 5.74) is 1.30. The maximum absolute atomic E-state index is 12.1. The van der Waals surface area contributed by atoms with E-state index in [1.54, 1.807) is 31.3 Å². The molecule has 2 amide bonds. The highest BCUT2D eigenvalue weighted by molar-refractivity contribution is 5.73. The van der Waals surface area contributed by atoms with E-state index in [2.05, 4.69) is 10.1 Å². The van der Waals surface area contributed by atoms with Crippen molar-refractivity contribution in [1.82, 2.24) is 10.2 Å². The number of alkyl halides is 2. The zero-order valence-electron chi connectivity index (χ0n) is 13.9. The number of nitrogens with zero attached hydrogens (tertiary/aromatic N) is 2. The molecule has 0 heterocycles. The lowest BCUT2D eigenvalue weighted by molar-refractivity contribution is -0.384. The Kier molecular flexibility index (Phi) is 6.42. The summed E-state index contributed by atoms with van der Waals surface area (Å²) in [5.74, 6) is 0.0431. The van der Waals surface area contributed by atoms with Crippen LogP contribution in [0.1, 0.15) is 11.1 Å². The van der Waals surface area contributed by atoms with Gasteiger partial charge in [0.15, 0.2) is 0 Å². The summed E-state index contributed by atoms with van der Waals surface area (Å²) in [5, 5.41) is 13.4. The van der Waals surface area contributed by atoms with E-state index >= 15 is 0 Å². The molecular formula is C17H17F2N3O4. The number of carbonyl (C=O) groups is 1. The monoisotopic (exact) mass is 365 g/mol. The van der Waals surface area contributed by atoms with Gasteiger partial charge in [0.2, 0.25) is 0 Å². The third-order valence-corrected chi connectivity index (χ3v) is 3.48. The van der Waals surface area contributed by atoms with Gasteiger partial charge in [-0.05, 0) is 23.3 Å². The number of rotatable bonds is 7. The molecule has 138 valence electrons. The average Bonchev–Trinajstić information content (AvgIpc) is 2.61. The molecule has 26 heavy (non-hydrogen) atoms. The van der Waals surface area contributed by atoms with Crippen molar-refractivity contribution < 1.29 is 23.2 Å². The van der Waals surface area contributed by atoms with Gasteiger partial charge in [-0.3, -0.25) is 10.1 Å². The molecule has 0 aliphatic heterocycles. The van der Waals surface area contributed by atoms with Crippen LogP contribution in [0.15, 0.2) is 48.5 Å². The number of ether oxygens (including phenoxy) is 1. The summed E-state index contributed by atoms with van der Waals surface area (Å²) < 4.78 is 28.5. The molecule has 0 atom stereocenters. The van der Waals surface area contributed by atoms with Gasteiger partial charge in [-0.1, -0.05) is 24.3 Å². The first-order chi connectivity index (χ1) is 12.3. The molecule has 9 heteroatoms. The molecule has 0 unspecified atom stereocenters. The molecule has 2 rings (SSSR count). The van der Waals surface area contributed by atoms with Crippen LogP contribution in [0, 0.1) is 10.1 Å². The predicted octanol–water partition coefficient (Wildman–Crippen LogP) is 3.54. The zero-order chi connectivity index (χ0) is 19.1. The van der Waals surface area contributed by atoms with Crippen molar-refractivity contribution in [1.29, 1.82) is 0 Å². The predicted molar refractivity (Wildman–Crippen MR) is 89.9 cm³/mol. The number of halogens is 2. The van der Waals surface area contributed by atoms with E-state index in [0.29, 0.717) is 5.56 Å². The SMILES string of the molecule is CN(Cc1ccc(OC(F)F)cc1)C(=O)NCc1cccc([N+](=O)[O-])c1. The van der Waals surface area contributed by atoms with Crippen LogP contribution in [-0.4, -0.2) is 29.5 Å². The highest BCUT2D eigenvalue weighted by atomic mass is 19.3. The molecule has 1 N–H and O–H groups in total. The zero-order valence-corrected chi connectivity index (χ0v) is 13.9.